The van der Waals surface area contributed by atoms with Crippen LogP contribution in [0.4, 0.5) is 0 Å². The molecule has 0 aromatic carbocycles. The molecule has 0 heterocycles. The maximum Gasteiger partial charge on any atom is 0.0880 e. The predicted molar refractivity (Wildman–Crippen MR) is 319 cm³/mol. The lowest BCUT2D eigenvalue weighted by Crippen LogP contribution is -2.67. The Hall–Kier alpha value is 2.59. The third-order valence-corrected chi connectivity index (χ3v) is 18.1. The van der Waals surface area contributed by atoms with E-state index < -0.39 is 11.3 Å². The third kappa shape index (κ3) is 28.6. The summed E-state index contributed by atoms with van der Waals surface area (Å²) in [5.74, 6) is 5.87. The summed E-state index contributed by atoms with van der Waals surface area (Å²) in [4.78, 5) is 0. The van der Waals surface area contributed by atoms with Gasteiger partial charge in [-0.15, -0.1) is 0 Å². The molecule has 0 saturated heterocycles. The van der Waals surface area contributed by atoms with E-state index in [4.69, 9.17) is 36.7 Å². The molecular formula is C42H100N14S9. The van der Waals surface area contributed by atoms with Crippen molar-refractivity contribution in [3.8, 4) is 0 Å². The molecule has 9 atom stereocenters. The normalized spacial score (nSPS) is 20.4. The minimum atomic E-state index is -0.660. The Morgan fingerprint density at radius 1 is 0.385 bits per heavy atom. The van der Waals surface area contributed by atoms with E-state index in [1.54, 1.807) is 0 Å². The van der Waals surface area contributed by atoms with E-state index in [0.717, 1.165) is 102 Å². The first-order chi connectivity index (χ1) is 30.5. The van der Waals surface area contributed by atoms with Gasteiger partial charge in [-0.2, -0.15) is 114 Å². The van der Waals surface area contributed by atoms with Crippen molar-refractivity contribution >= 4 is 114 Å². The molecule has 0 aliphatic heterocycles. The lowest BCUT2D eigenvalue weighted by atomic mass is 9.99. The Labute approximate surface area is 447 Å². The molecule has 0 radical (unpaired) electrons. The first-order valence-electron chi connectivity index (χ1n) is 23.3. The molecule has 65 heavy (non-hydrogen) atoms. The topological polar surface area (TPSA) is 196 Å². The van der Waals surface area contributed by atoms with Crippen molar-refractivity contribution in [1.82, 2.24) is 63.8 Å². The molecule has 0 spiro atoms. The van der Waals surface area contributed by atoms with Crippen LogP contribution >= 0.6 is 114 Å². The lowest BCUT2D eigenvalue weighted by molar-refractivity contribution is 0.266. The van der Waals surface area contributed by atoms with Gasteiger partial charge in [-0.3, -0.25) is 10.6 Å². The molecule has 16 N–H and O–H groups in total. The maximum absolute atomic E-state index is 6.76. The van der Waals surface area contributed by atoms with Crippen molar-refractivity contribution in [2.24, 2.45) is 11.5 Å². The third-order valence-electron chi connectivity index (χ3n) is 12.4. The van der Waals surface area contributed by atoms with Crippen molar-refractivity contribution in [3.63, 3.8) is 0 Å². The smallest absolute Gasteiger partial charge is 0.0880 e. The molecular weight excluding hydrogens is 989 g/mol. The molecule has 0 aliphatic carbocycles. The highest BCUT2D eigenvalue weighted by atomic mass is 32.1. The molecule has 0 rings (SSSR count). The first-order valence-corrected chi connectivity index (χ1v) is 29.0. The number of hydrogen-bond acceptors (Lipinski definition) is 23. The van der Waals surface area contributed by atoms with Gasteiger partial charge in [0.2, 0.25) is 0 Å². The van der Waals surface area contributed by atoms with Gasteiger partial charge in [0.1, 0.15) is 0 Å². The Balaban J connectivity index is 4.72. The molecule has 0 fully saturated rings. The van der Waals surface area contributed by atoms with Crippen LogP contribution in [0.15, 0.2) is 0 Å². The maximum atomic E-state index is 6.76. The number of nitrogens with two attached hydrogens (primary N) is 2. The van der Waals surface area contributed by atoms with Gasteiger partial charge in [-0.25, -0.2) is 0 Å². The van der Waals surface area contributed by atoms with Crippen LogP contribution in [-0.2, 0) is 0 Å². The van der Waals surface area contributed by atoms with Crippen molar-refractivity contribution in [2.75, 3.05) is 151 Å². The molecule has 0 bridgehead atoms. The fourth-order valence-corrected chi connectivity index (χ4v) is 8.37. The van der Waals surface area contributed by atoms with E-state index in [0.29, 0.717) is 54.2 Å². The van der Waals surface area contributed by atoms with Gasteiger partial charge >= 0.3 is 0 Å². The number of thiol groups is 9. The summed E-state index contributed by atoms with van der Waals surface area (Å²) in [6.45, 7) is 23.0. The van der Waals surface area contributed by atoms with E-state index >= 15 is 0 Å². The quantitative estimate of drug-likeness (QED) is 0.0223. The Kier molecular flexibility index (Phi) is 36.3. The zero-order chi connectivity index (χ0) is 49.7. The summed E-state index contributed by atoms with van der Waals surface area (Å²) >= 11 is 41.7. The fraction of sp³-hybridized carbons (Fsp3) is 1.00. The monoisotopic (exact) mass is 1090 g/mol. The van der Waals surface area contributed by atoms with E-state index in [9.17, 15) is 0 Å². The number of likely N-dealkylation sites (N-methyl/N-ethyl adjacent to an activating group) is 2. The second kappa shape index (κ2) is 34.9. The molecule has 1 unspecified atom stereocenters. The van der Waals surface area contributed by atoms with E-state index in [1.165, 1.54) is 0 Å². The van der Waals surface area contributed by atoms with Crippen LogP contribution in [0.3, 0.4) is 0 Å². The summed E-state index contributed by atoms with van der Waals surface area (Å²) in [6.07, 6.45) is 2.96. The van der Waals surface area contributed by atoms with Gasteiger partial charge in [-0.1, -0.05) is 0 Å². The van der Waals surface area contributed by atoms with Crippen LogP contribution < -0.4 is 75.3 Å². The molecule has 392 valence electrons. The molecule has 0 saturated carbocycles. The Morgan fingerprint density at radius 2 is 0.785 bits per heavy atom. The van der Waals surface area contributed by atoms with Crippen LogP contribution in [0.2, 0.25) is 0 Å². The molecule has 23 heteroatoms. The highest BCUT2D eigenvalue weighted by molar-refractivity contribution is 7.81. The average Bonchev–Trinajstić information content (AvgIpc) is 3.32. The minimum Gasteiger partial charge on any atom is -0.318 e. The first kappa shape index (κ1) is 67.6. The Bertz CT molecular complexity index is 1210. The minimum absolute atomic E-state index is 0.118. The summed E-state index contributed by atoms with van der Waals surface area (Å²) in [5, 5.41) is 43.1. The van der Waals surface area contributed by atoms with Gasteiger partial charge in [0, 0.05) is 150 Å². The van der Waals surface area contributed by atoms with Gasteiger partial charge in [-0.05, 0) is 101 Å². The second-order valence-corrected chi connectivity index (χ2v) is 22.9. The molecule has 0 amide bonds. The highest BCUT2D eigenvalue weighted by Crippen LogP contribution is 2.15. The standard InChI is InChI=1S/C42H100N14S9/c1-35(26-58,46-8)20-52-40(6,31-63)23-56-41(43,32-64)24-48-13-11-15-50-38(4,29-61)21-54-37(3,28-60)19-49-34(17-57)16-47-12-9-10-14-51-42(44,33-65)25-55-39(5,30-62)22-53-36(2,27-59)18-45-7/h34,45-65H,9-33,43-44H2,1-8H3/t34-,35-,36-,37-,38-,39-,40-,41?,42-/m1/s1. The van der Waals surface area contributed by atoms with Crippen molar-refractivity contribution in [3.05, 3.63) is 0 Å². The highest BCUT2D eigenvalue weighted by Gasteiger charge is 2.34. The lowest BCUT2D eigenvalue weighted by Gasteiger charge is -2.39. The predicted octanol–water partition coefficient (Wildman–Crippen LogP) is 0.0905. The molecule has 0 aliphatic rings. The zero-order valence-electron chi connectivity index (χ0n) is 41.4. The SMILES string of the molecule is CNC[C@](C)(CS)NC[C@](C)(CS)NC[C@](N)(CS)NCCCCNC[C@H](CS)NC[C@](C)(CS)NC[C@](C)(CS)NCCCNCC(N)(CS)NC[C@](C)(CS)NC[C@](C)(CS)NC. The number of rotatable bonds is 45. The summed E-state index contributed by atoms with van der Waals surface area (Å²) in [7, 11) is 3.92. The Morgan fingerprint density at radius 3 is 1.26 bits per heavy atom. The van der Waals surface area contributed by atoms with Gasteiger partial charge in [0.25, 0.3) is 0 Å². The van der Waals surface area contributed by atoms with Crippen molar-refractivity contribution in [1.29, 1.82) is 0 Å². The van der Waals surface area contributed by atoms with E-state index in [2.05, 4.69) is 194 Å². The van der Waals surface area contributed by atoms with Crippen LogP contribution in [0.5, 0.6) is 0 Å². The number of nitrogens with one attached hydrogen (secondary N) is 12. The number of unbranched alkanes of at least 4 members (excludes halogenated alkanes) is 1. The van der Waals surface area contributed by atoms with Crippen LogP contribution in [0, 0.1) is 0 Å². The molecule has 0 aromatic rings. The largest absolute Gasteiger partial charge is 0.318 e. The number of hydrogen-bond donors (Lipinski definition) is 23. The summed E-state index contributed by atoms with van der Waals surface area (Å²) in [6, 6.07) is 0.220. The van der Waals surface area contributed by atoms with Crippen LogP contribution in [-0.4, -0.2) is 202 Å². The van der Waals surface area contributed by atoms with Gasteiger partial charge in [0.05, 0.1) is 11.3 Å². The van der Waals surface area contributed by atoms with Gasteiger partial charge in [0.15, 0.2) is 0 Å². The fourth-order valence-electron chi connectivity index (χ4n) is 6.28. The van der Waals surface area contributed by atoms with E-state index in [1.807, 2.05) is 14.1 Å². The average molecular weight is 1090 g/mol. The second-order valence-electron chi connectivity index (χ2n) is 20.0. The van der Waals surface area contributed by atoms with Gasteiger partial charge < -0.3 is 64.6 Å². The van der Waals surface area contributed by atoms with E-state index in [-0.39, 0.29) is 39.3 Å². The molecule has 14 nitrogen and oxygen atoms in total. The molecule has 0 aromatic heterocycles. The summed E-state index contributed by atoms with van der Waals surface area (Å²) < 4.78 is 0. The van der Waals surface area contributed by atoms with Crippen molar-refractivity contribution in [2.45, 2.75) is 111 Å². The zero-order valence-corrected chi connectivity index (χ0v) is 49.5. The summed E-state index contributed by atoms with van der Waals surface area (Å²) in [5.41, 5.74) is 11.1. The van der Waals surface area contributed by atoms with Crippen LogP contribution in [0.1, 0.15) is 60.8 Å². The van der Waals surface area contributed by atoms with Crippen LogP contribution in [0.25, 0.3) is 0 Å². The van der Waals surface area contributed by atoms with Crippen molar-refractivity contribution < 1.29 is 0 Å².